The van der Waals surface area contributed by atoms with Crippen LogP contribution in [0.4, 0.5) is 0 Å². The third-order valence-corrected chi connectivity index (χ3v) is 5.85. The highest BCUT2D eigenvalue weighted by Crippen LogP contribution is 2.38. The van der Waals surface area contributed by atoms with Crippen molar-refractivity contribution in [3.05, 3.63) is 47.3 Å². The molecule has 164 valence electrons. The van der Waals surface area contributed by atoms with Gasteiger partial charge in [-0.1, -0.05) is 41.0 Å². The summed E-state index contributed by atoms with van der Waals surface area (Å²) in [4.78, 5) is 0. The van der Waals surface area contributed by atoms with Crippen LogP contribution in [0.3, 0.4) is 0 Å². The van der Waals surface area contributed by atoms with Crippen LogP contribution in [0, 0.1) is 10.8 Å². The minimum absolute atomic E-state index is 0.0172. The predicted octanol–water partition coefficient (Wildman–Crippen LogP) is 6.25. The number of furan rings is 2. The molecule has 29 heavy (non-hydrogen) atoms. The van der Waals surface area contributed by atoms with Crippen molar-refractivity contribution in [2.24, 2.45) is 10.8 Å². The Morgan fingerprint density at radius 2 is 1.38 bits per heavy atom. The molecule has 0 spiro atoms. The van der Waals surface area contributed by atoms with E-state index in [1.54, 1.807) is 0 Å². The van der Waals surface area contributed by atoms with E-state index in [0.717, 1.165) is 68.6 Å². The van der Waals surface area contributed by atoms with Crippen molar-refractivity contribution in [3.63, 3.8) is 0 Å². The summed E-state index contributed by atoms with van der Waals surface area (Å²) in [5.41, 5.74) is -0.197. The van der Waals surface area contributed by atoms with Crippen molar-refractivity contribution in [2.45, 2.75) is 92.1 Å². The Balaban J connectivity index is 1.77. The normalized spacial score (nSPS) is 13.8. The Morgan fingerprint density at radius 3 is 1.97 bits per heavy atom. The van der Waals surface area contributed by atoms with Crippen molar-refractivity contribution in [1.29, 1.82) is 0 Å². The van der Waals surface area contributed by atoms with Crippen LogP contribution < -0.4 is 0 Å². The molecule has 2 heterocycles. The Bertz CT molecular complexity index is 723. The predicted molar refractivity (Wildman–Crippen MR) is 117 cm³/mol. The lowest BCUT2D eigenvalue weighted by Crippen LogP contribution is -2.21. The minimum Gasteiger partial charge on any atom is -0.466 e. The van der Waals surface area contributed by atoms with E-state index in [1.165, 1.54) is 0 Å². The summed E-state index contributed by atoms with van der Waals surface area (Å²) in [5.74, 6) is 3.63. The molecule has 2 aromatic heterocycles. The number of rotatable bonds is 13. The van der Waals surface area contributed by atoms with Gasteiger partial charge in [0.15, 0.2) is 0 Å². The quantitative estimate of drug-likeness (QED) is 0.414. The zero-order valence-corrected chi connectivity index (χ0v) is 19.0. The maximum absolute atomic E-state index is 10.6. The number of hydrogen-bond donors (Lipinski definition) is 2. The molecule has 4 nitrogen and oxygen atoms in total. The average Bonchev–Trinajstić information content (AvgIpc) is 3.31. The van der Waals surface area contributed by atoms with E-state index >= 15 is 0 Å². The summed E-state index contributed by atoms with van der Waals surface area (Å²) in [6, 6.07) is 8.03. The van der Waals surface area contributed by atoms with Gasteiger partial charge in [0.1, 0.15) is 29.1 Å². The molecule has 0 amide bonds. The summed E-state index contributed by atoms with van der Waals surface area (Å²) in [6.45, 7) is 10.7. The molecule has 0 bridgehead atoms. The highest BCUT2D eigenvalue weighted by atomic mass is 16.4. The molecule has 0 aliphatic rings. The van der Waals surface area contributed by atoms with Gasteiger partial charge in [-0.3, -0.25) is 0 Å². The van der Waals surface area contributed by atoms with E-state index in [2.05, 4.69) is 46.8 Å². The first-order valence-electron chi connectivity index (χ1n) is 11.1. The molecule has 1 unspecified atom stereocenters. The smallest absolute Gasteiger partial charge is 0.133 e. The Morgan fingerprint density at radius 1 is 0.828 bits per heavy atom. The summed E-state index contributed by atoms with van der Waals surface area (Å²) < 4.78 is 11.9. The van der Waals surface area contributed by atoms with Crippen LogP contribution in [-0.4, -0.2) is 16.8 Å². The molecule has 0 fully saturated rings. The third kappa shape index (κ3) is 7.35. The van der Waals surface area contributed by atoms with E-state index in [-0.39, 0.29) is 17.4 Å². The van der Waals surface area contributed by atoms with Gasteiger partial charge in [0, 0.05) is 25.9 Å². The fraction of sp³-hybridized carbons (Fsp3) is 0.680. The number of aliphatic hydroxyl groups is 2. The molecule has 4 heteroatoms. The second-order valence-corrected chi connectivity index (χ2v) is 9.84. The van der Waals surface area contributed by atoms with Crippen molar-refractivity contribution in [1.82, 2.24) is 0 Å². The lowest BCUT2D eigenvalue weighted by atomic mass is 9.81. The lowest BCUT2D eigenvalue weighted by Gasteiger charge is -2.28. The van der Waals surface area contributed by atoms with Crippen LogP contribution in [0.25, 0.3) is 0 Å². The van der Waals surface area contributed by atoms with Crippen molar-refractivity contribution >= 4 is 0 Å². The standard InChI is InChI=1S/C25H40O4/c1-6-16-25(4,5)23(27)22-15-14-21(29-22)10-7-9-19-12-13-20(28-19)11-8-17-24(2,3)18-26/h12-15,23,26-27H,6-11,16-18H2,1-5H3. The van der Waals surface area contributed by atoms with Gasteiger partial charge in [-0.2, -0.15) is 0 Å². The molecule has 0 aliphatic heterocycles. The fourth-order valence-electron chi connectivity index (χ4n) is 3.79. The van der Waals surface area contributed by atoms with Crippen LogP contribution in [0.2, 0.25) is 0 Å². The molecule has 0 saturated carbocycles. The summed E-state index contributed by atoms with van der Waals surface area (Å²) in [6.07, 6.45) is 7.02. The highest BCUT2D eigenvalue weighted by molar-refractivity contribution is 5.12. The Labute approximate surface area is 176 Å². The van der Waals surface area contributed by atoms with E-state index in [9.17, 15) is 10.2 Å². The first-order valence-corrected chi connectivity index (χ1v) is 11.1. The van der Waals surface area contributed by atoms with Gasteiger partial charge in [0.2, 0.25) is 0 Å². The number of aryl methyl sites for hydroxylation is 3. The van der Waals surface area contributed by atoms with Crippen molar-refractivity contribution in [2.75, 3.05) is 6.61 Å². The monoisotopic (exact) mass is 404 g/mol. The van der Waals surface area contributed by atoms with Crippen LogP contribution in [0.15, 0.2) is 33.1 Å². The van der Waals surface area contributed by atoms with Gasteiger partial charge < -0.3 is 19.0 Å². The SMILES string of the molecule is CCCC(C)(C)C(O)c1ccc(CCCc2ccc(CCCC(C)(C)CO)o2)o1. The second kappa shape index (κ2) is 10.5. The van der Waals surface area contributed by atoms with E-state index in [4.69, 9.17) is 8.83 Å². The van der Waals surface area contributed by atoms with Crippen molar-refractivity contribution < 1.29 is 19.0 Å². The average molecular weight is 405 g/mol. The number of hydrogen-bond acceptors (Lipinski definition) is 4. The molecule has 2 N–H and O–H groups in total. The van der Waals surface area contributed by atoms with E-state index < -0.39 is 6.10 Å². The van der Waals surface area contributed by atoms with Gasteiger partial charge in [0.25, 0.3) is 0 Å². The highest BCUT2D eigenvalue weighted by Gasteiger charge is 2.30. The maximum atomic E-state index is 10.6. The van der Waals surface area contributed by atoms with E-state index in [0.29, 0.717) is 5.76 Å². The summed E-state index contributed by atoms with van der Waals surface area (Å²) in [7, 11) is 0. The van der Waals surface area contributed by atoms with Crippen LogP contribution >= 0.6 is 0 Å². The van der Waals surface area contributed by atoms with Crippen LogP contribution in [0.5, 0.6) is 0 Å². The molecular weight excluding hydrogens is 364 g/mol. The van der Waals surface area contributed by atoms with Gasteiger partial charge >= 0.3 is 0 Å². The topological polar surface area (TPSA) is 66.7 Å². The molecule has 2 rings (SSSR count). The summed E-state index contributed by atoms with van der Waals surface area (Å²) >= 11 is 0. The zero-order chi connectivity index (χ0) is 21.5. The fourth-order valence-corrected chi connectivity index (χ4v) is 3.79. The molecule has 0 aromatic carbocycles. The van der Waals surface area contributed by atoms with Gasteiger partial charge in [-0.25, -0.2) is 0 Å². The molecule has 0 radical (unpaired) electrons. The molecule has 0 saturated heterocycles. The molecule has 2 aromatic rings. The largest absolute Gasteiger partial charge is 0.466 e. The first kappa shape index (κ1) is 23.8. The molecular formula is C25H40O4. The maximum Gasteiger partial charge on any atom is 0.133 e. The van der Waals surface area contributed by atoms with Gasteiger partial charge in [-0.15, -0.1) is 0 Å². The van der Waals surface area contributed by atoms with Crippen LogP contribution in [0.1, 0.15) is 95.9 Å². The minimum atomic E-state index is -0.570. The Kier molecular flexibility index (Phi) is 8.59. The Hall–Kier alpha value is -1.52. The molecule has 0 aliphatic carbocycles. The van der Waals surface area contributed by atoms with Crippen molar-refractivity contribution in [3.8, 4) is 0 Å². The second-order valence-electron chi connectivity index (χ2n) is 9.84. The van der Waals surface area contributed by atoms with Gasteiger partial charge in [0.05, 0.1) is 0 Å². The first-order chi connectivity index (χ1) is 13.7. The van der Waals surface area contributed by atoms with Crippen LogP contribution in [-0.2, 0) is 19.3 Å². The summed E-state index contributed by atoms with van der Waals surface area (Å²) in [5, 5.41) is 20.0. The van der Waals surface area contributed by atoms with Gasteiger partial charge in [-0.05, 0) is 60.8 Å². The van der Waals surface area contributed by atoms with E-state index in [1.807, 2.05) is 12.1 Å². The zero-order valence-electron chi connectivity index (χ0n) is 19.0. The molecule has 1 atom stereocenters. The number of aliphatic hydroxyl groups excluding tert-OH is 2. The third-order valence-electron chi connectivity index (χ3n) is 5.85. The lowest BCUT2D eigenvalue weighted by molar-refractivity contribution is 0.0242.